The highest BCUT2D eigenvalue weighted by atomic mass is 16.5. The molecule has 0 aliphatic carbocycles. The molecule has 1 aliphatic rings. The van der Waals surface area contributed by atoms with E-state index in [9.17, 15) is 5.11 Å². The zero-order valence-electron chi connectivity index (χ0n) is 12.6. The SMILES string of the molecule is Cc1cccc(C)c1OCC(O)CNC1(C)CCOC1. The maximum absolute atomic E-state index is 10.0. The van der Waals surface area contributed by atoms with Gasteiger partial charge in [-0.15, -0.1) is 0 Å². The van der Waals surface area contributed by atoms with Gasteiger partial charge in [-0.25, -0.2) is 0 Å². The van der Waals surface area contributed by atoms with E-state index in [1.165, 1.54) is 0 Å². The number of aryl methyl sites for hydroxylation is 2. The predicted molar refractivity (Wildman–Crippen MR) is 79.3 cm³/mol. The topological polar surface area (TPSA) is 50.7 Å². The van der Waals surface area contributed by atoms with Crippen molar-refractivity contribution >= 4 is 0 Å². The van der Waals surface area contributed by atoms with Gasteiger partial charge in [0.2, 0.25) is 0 Å². The van der Waals surface area contributed by atoms with Crippen LogP contribution in [0.5, 0.6) is 5.75 Å². The van der Waals surface area contributed by atoms with Gasteiger partial charge in [-0.2, -0.15) is 0 Å². The molecule has 1 saturated heterocycles. The fourth-order valence-electron chi connectivity index (χ4n) is 2.44. The van der Waals surface area contributed by atoms with Gasteiger partial charge >= 0.3 is 0 Å². The molecule has 0 amide bonds. The van der Waals surface area contributed by atoms with E-state index in [0.29, 0.717) is 19.8 Å². The van der Waals surface area contributed by atoms with Crippen LogP contribution in [-0.2, 0) is 4.74 Å². The van der Waals surface area contributed by atoms with Crippen LogP contribution in [0.25, 0.3) is 0 Å². The predicted octanol–water partition coefficient (Wildman–Crippen LogP) is 1.81. The lowest BCUT2D eigenvalue weighted by molar-refractivity contribution is 0.0938. The van der Waals surface area contributed by atoms with Gasteiger partial charge in [0, 0.05) is 18.7 Å². The fraction of sp³-hybridized carbons (Fsp3) is 0.625. The Labute approximate surface area is 121 Å². The third kappa shape index (κ3) is 3.95. The van der Waals surface area contributed by atoms with Crippen LogP contribution in [0, 0.1) is 13.8 Å². The minimum absolute atomic E-state index is 0.0143. The van der Waals surface area contributed by atoms with Crippen molar-refractivity contribution in [2.45, 2.75) is 38.8 Å². The summed E-state index contributed by atoms with van der Waals surface area (Å²) in [6.07, 6.45) is 0.462. The summed E-state index contributed by atoms with van der Waals surface area (Å²) >= 11 is 0. The van der Waals surface area contributed by atoms with Crippen LogP contribution in [0.15, 0.2) is 18.2 Å². The Hall–Kier alpha value is -1.10. The van der Waals surface area contributed by atoms with Crippen molar-refractivity contribution in [1.29, 1.82) is 0 Å². The molecule has 2 N–H and O–H groups in total. The number of nitrogens with one attached hydrogen (secondary N) is 1. The minimum Gasteiger partial charge on any atom is -0.490 e. The lowest BCUT2D eigenvalue weighted by atomic mass is 10.0. The van der Waals surface area contributed by atoms with Crippen LogP contribution in [0.2, 0.25) is 0 Å². The standard InChI is InChI=1S/C16H25NO3/c1-12-5-4-6-13(2)15(12)20-10-14(18)9-17-16(3)7-8-19-11-16/h4-6,14,17-18H,7-11H2,1-3H3. The minimum atomic E-state index is -0.522. The second kappa shape index (κ2) is 6.57. The zero-order valence-corrected chi connectivity index (χ0v) is 12.6. The molecule has 0 saturated carbocycles. The second-order valence-electron chi connectivity index (χ2n) is 5.93. The molecule has 1 fully saturated rings. The molecule has 1 heterocycles. The van der Waals surface area contributed by atoms with Crippen molar-refractivity contribution in [2.24, 2.45) is 0 Å². The monoisotopic (exact) mass is 279 g/mol. The summed E-state index contributed by atoms with van der Waals surface area (Å²) in [7, 11) is 0. The van der Waals surface area contributed by atoms with Crippen LogP contribution >= 0.6 is 0 Å². The van der Waals surface area contributed by atoms with Gasteiger partial charge in [-0.05, 0) is 38.3 Å². The highest BCUT2D eigenvalue weighted by Gasteiger charge is 2.29. The van der Waals surface area contributed by atoms with Crippen LogP contribution in [0.1, 0.15) is 24.5 Å². The number of para-hydroxylation sites is 1. The molecule has 2 unspecified atom stereocenters. The molecule has 1 aromatic rings. The summed E-state index contributed by atoms with van der Waals surface area (Å²) in [4.78, 5) is 0. The third-order valence-corrected chi connectivity index (χ3v) is 3.81. The molecule has 1 aromatic carbocycles. The number of rotatable bonds is 6. The van der Waals surface area contributed by atoms with Crippen molar-refractivity contribution in [3.8, 4) is 5.75 Å². The smallest absolute Gasteiger partial charge is 0.125 e. The Kier molecular flexibility index (Phi) is 5.02. The number of β-amino-alcohol motifs (C(OH)–C–C–N with tert-alkyl or cyclic N) is 1. The fourth-order valence-corrected chi connectivity index (χ4v) is 2.44. The Morgan fingerprint density at radius 3 is 2.70 bits per heavy atom. The van der Waals surface area contributed by atoms with Crippen LogP contribution in [-0.4, -0.2) is 43.1 Å². The van der Waals surface area contributed by atoms with Gasteiger partial charge in [0.1, 0.15) is 18.5 Å². The van der Waals surface area contributed by atoms with E-state index in [1.807, 2.05) is 32.0 Å². The highest BCUT2D eigenvalue weighted by Crippen LogP contribution is 2.22. The molecule has 2 atom stereocenters. The van der Waals surface area contributed by atoms with Crippen molar-refractivity contribution in [2.75, 3.05) is 26.4 Å². The number of hydrogen-bond donors (Lipinski definition) is 2. The Morgan fingerprint density at radius 2 is 2.10 bits per heavy atom. The number of benzene rings is 1. The van der Waals surface area contributed by atoms with Gasteiger partial charge in [0.05, 0.1) is 6.61 Å². The molecule has 4 heteroatoms. The van der Waals surface area contributed by atoms with E-state index < -0.39 is 6.10 Å². The quantitative estimate of drug-likeness (QED) is 0.834. The Bertz CT molecular complexity index is 421. The van der Waals surface area contributed by atoms with Crippen molar-refractivity contribution < 1.29 is 14.6 Å². The number of aliphatic hydroxyl groups is 1. The molecule has 2 rings (SSSR count). The first-order valence-electron chi connectivity index (χ1n) is 7.20. The first kappa shape index (κ1) is 15.3. The molecule has 20 heavy (non-hydrogen) atoms. The Balaban J connectivity index is 1.79. The third-order valence-electron chi connectivity index (χ3n) is 3.81. The second-order valence-corrected chi connectivity index (χ2v) is 5.93. The van der Waals surface area contributed by atoms with Crippen molar-refractivity contribution in [1.82, 2.24) is 5.32 Å². The van der Waals surface area contributed by atoms with Gasteiger partial charge in [-0.3, -0.25) is 0 Å². The summed E-state index contributed by atoms with van der Waals surface area (Å²) in [5, 5.41) is 13.4. The molecule has 1 aliphatic heterocycles. The highest BCUT2D eigenvalue weighted by molar-refractivity contribution is 5.39. The van der Waals surface area contributed by atoms with Crippen LogP contribution in [0.3, 0.4) is 0 Å². The van der Waals surface area contributed by atoms with Gasteiger partial charge < -0.3 is 19.9 Å². The van der Waals surface area contributed by atoms with Gasteiger partial charge in [0.25, 0.3) is 0 Å². The first-order chi connectivity index (χ1) is 9.50. The summed E-state index contributed by atoms with van der Waals surface area (Å²) in [5.41, 5.74) is 2.18. The number of aliphatic hydroxyl groups excluding tert-OH is 1. The van der Waals surface area contributed by atoms with Crippen molar-refractivity contribution in [3.05, 3.63) is 29.3 Å². The molecular weight excluding hydrogens is 254 g/mol. The average molecular weight is 279 g/mol. The summed E-state index contributed by atoms with van der Waals surface area (Å²) < 4.78 is 11.1. The van der Waals surface area contributed by atoms with Gasteiger partial charge in [-0.1, -0.05) is 18.2 Å². The molecule has 0 bridgehead atoms. The lowest BCUT2D eigenvalue weighted by Gasteiger charge is -2.25. The normalized spacial score (nSPS) is 23.8. The summed E-state index contributed by atoms with van der Waals surface area (Å²) in [6.45, 7) is 8.48. The molecular formula is C16H25NO3. The van der Waals surface area contributed by atoms with E-state index in [2.05, 4.69) is 12.2 Å². The van der Waals surface area contributed by atoms with E-state index in [0.717, 1.165) is 29.9 Å². The van der Waals surface area contributed by atoms with Crippen molar-refractivity contribution in [3.63, 3.8) is 0 Å². The lowest BCUT2D eigenvalue weighted by Crippen LogP contribution is -2.47. The average Bonchev–Trinajstić information content (AvgIpc) is 2.83. The zero-order chi connectivity index (χ0) is 14.6. The molecule has 4 nitrogen and oxygen atoms in total. The van der Waals surface area contributed by atoms with E-state index in [1.54, 1.807) is 0 Å². The van der Waals surface area contributed by atoms with E-state index >= 15 is 0 Å². The largest absolute Gasteiger partial charge is 0.490 e. The number of hydrogen-bond acceptors (Lipinski definition) is 4. The molecule has 0 spiro atoms. The van der Waals surface area contributed by atoms with Crippen LogP contribution in [0.4, 0.5) is 0 Å². The summed E-state index contributed by atoms with van der Waals surface area (Å²) in [5.74, 6) is 0.877. The van der Waals surface area contributed by atoms with Crippen LogP contribution < -0.4 is 10.1 Å². The maximum atomic E-state index is 10.0. The summed E-state index contributed by atoms with van der Waals surface area (Å²) in [6, 6.07) is 6.05. The molecule has 0 radical (unpaired) electrons. The maximum Gasteiger partial charge on any atom is 0.125 e. The first-order valence-corrected chi connectivity index (χ1v) is 7.20. The Morgan fingerprint density at radius 1 is 1.40 bits per heavy atom. The number of ether oxygens (including phenoxy) is 2. The molecule has 0 aromatic heterocycles. The van der Waals surface area contributed by atoms with Gasteiger partial charge in [0.15, 0.2) is 0 Å². The van der Waals surface area contributed by atoms with E-state index in [4.69, 9.17) is 9.47 Å². The molecule has 112 valence electrons. The van der Waals surface area contributed by atoms with E-state index in [-0.39, 0.29) is 5.54 Å².